The first kappa shape index (κ1) is 21.1. The number of hydrogen-bond donors (Lipinski definition) is 1. The van der Waals surface area contributed by atoms with E-state index in [4.69, 9.17) is 9.47 Å². The molecule has 0 saturated carbocycles. The molecule has 1 aromatic rings. The minimum Gasteiger partial charge on any atom is -0.462 e. The number of hydrogen-bond acceptors (Lipinski definition) is 6. The van der Waals surface area contributed by atoms with Crippen LogP contribution in [0.5, 0.6) is 5.75 Å². The van der Waals surface area contributed by atoms with Crippen LogP contribution < -0.4 is 4.74 Å². The maximum atomic E-state index is 12.4. The molecule has 1 N–H and O–H groups in total. The van der Waals surface area contributed by atoms with Crippen LogP contribution in [0.15, 0.2) is 24.3 Å². The van der Waals surface area contributed by atoms with Crippen LogP contribution in [0.25, 0.3) is 0 Å². The molecule has 0 amide bonds. The summed E-state index contributed by atoms with van der Waals surface area (Å²) in [5.41, 5.74) is -1.06. The van der Waals surface area contributed by atoms with E-state index in [1.807, 2.05) is 39.8 Å². The summed E-state index contributed by atoms with van der Waals surface area (Å²) in [6.07, 6.45) is 0.597. The van der Waals surface area contributed by atoms with E-state index in [0.29, 0.717) is 18.6 Å². The van der Waals surface area contributed by atoms with Crippen LogP contribution in [0.1, 0.15) is 47.5 Å². The highest BCUT2D eigenvalue weighted by atomic mass is 127. The number of ether oxygens (including phenoxy) is 2. The molecular weight excluding hydrogens is 449 g/mol. The fourth-order valence-electron chi connectivity index (χ4n) is 3.33. The second-order valence-electron chi connectivity index (χ2n) is 8.00. The highest BCUT2D eigenvalue weighted by Gasteiger charge is 2.46. The molecule has 26 heavy (non-hydrogen) atoms. The molecule has 1 aliphatic heterocycles. The Bertz CT molecular complexity index is 653. The largest absolute Gasteiger partial charge is 0.462 e. The molecule has 0 radical (unpaired) electrons. The summed E-state index contributed by atoms with van der Waals surface area (Å²) in [5.74, 6) is -1.88. The Hall–Kier alpha value is -1.19. The lowest BCUT2D eigenvalue weighted by Crippen LogP contribution is -2.60. The van der Waals surface area contributed by atoms with Gasteiger partial charge in [0.2, 0.25) is 0 Å². The first-order valence-electron chi connectivity index (χ1n) is 8.59. The molecule has 1 heterocycles. The van der Waals surface area contributed by atoms with E-state index in [-0.39, 0.29) is 6.10 Å². The zero-order valence-corrected chi connectivity index (χ0v) is 17.9. The Morgan fingerprint density at radius 1 is 1.12 bits per heavy atom. The quantitative estimate of drug-likeness (QED) is 0.309. The molecule has 0 spiro atoms. The minimum absolute atomic E-state index is 0.371. The van der Waals surface area contributed by atoms with Crippen molar-refractivity contribution < 1.29 is 24.3 Å². The third-order valence-electron chi connectivity index (χ3n) is 4.62. The minimum atomic E-state index is -1.02. The molecule has 1 saturated heterocycles. The number of nitrogens with zero attached hydrogens (tertiary/aromatic N) is 1. The monoisotopic (exact) mass is 475 g/mol. The van der Waals surface area contributed by atoms with E-state index in [0.717, 1.165) is 3.57 Å². The number of halogens is 1. The topological polar surface area (TPSA) is 76.1 Å². The molecule has 144 valence electrons. The van der Waals surface area contributed by atoms with Gasteiger partial charge in [-0.05, 0) is 81.5 Å². The molecule has 1 atom stereocenters. The van der Waals surface area contributed by atoms with Crippen molar-refractivity contribution in [1.82, 2.24) is 5.06 Å². The van der Waals surface area contributed by atoms with E-state index in [9.17, 15) is 14.8 Å². The van der Waals surface area contributed by atoms with Gasteiger partial charge in [0, 0.05) is 27.5 Å². The highest BCUT2D eigenvalue weighted by molar-refractivity contribution is 14.1. The van der Waals surface area contributed by atoms with E-state index < -0.39 is 28.9 Å². The zero-order valence-electron chi connectivity index (χ0n) is 15.8. The van der Waals surface area contributed by atoms with Crippen molar-refractivity contribution in [3.63, 3.8) is 0 Å². The highest BCUT2D eigenvalue weighted by Crippen LogP contribution is 2.38. The summed E-state index contributed by atoms with van der Waals surface area (Å²) >= 11 is 2.16. The standard InChI is InChI=1S/C19H26INO5/c1-12(16(22)25-14-8-6-13(20)7-9-14)17(23)26-15-10-18(2,3)21(24)19(4,5)11-15/h6-9,12,15,24H,10-11H2,1-5H3. The number of carbonyl (C=O) groups excluding carboxylic acids is 2. The smallest absolute Gasteiger partial charge is 0.325 e. The number of esters is 2. The summed E-state index contributed by atoms with van der Waals surface area (Å²) in [7, 11) is 0. The SMILES string of the molecule is CC(C(=O)Oc1ccc(I)cc1)C(=O)OC1CC(C)(C)N(O)C(C)(C)C1. The first-order chi connectivity index (χ1) is 11.9. The molecule has 0 bridgehead atoms. The molecule has 0 aromatic heterocycles. The second kappa shape index (κ2) is 7.82. The lowest BCUT2D eigenvalue weighted by molar-refractivity contribution is -0.259. The van der Waals surface area contributed by atoms with Gasteiger partial charge in [0.05, 0.1) is 0 Å². The van der Waals surface area contributed by atoms with Crippen LogP contribution in [0.2, 0.25) is 0 Å². The summed E-state index contributed by atoms with van der Waals surface area (Å²) in [6, 6.07) is 7.00. The molecule has 1 aromatic carbocycles. The van der Waals surface area contributed by atoms with Gasteiger partial charge in [-0.15, -0.1) is 0 Å². The van der Waals surface area contributed by atoms with Crippen LogP contribution in [0, 0.1) is 9.49 Å². The number of hydroxylamine groups is 2. The molecular formula is C19H26INO5. The Morgan fingerprint density at radius 3 is 2.12 bits per heavy atom. The van der Waals surface area contributed by atoms with Crippen LogP contribution in [-0.4, -0.2) is 39.4 Å². The molecule has 6 nitrogen and oxygen atoms in total. The molecule has 1 fully saturated rings. The lowest BCUT2D eigenvalue weighted by atomic mass is 9.80. The Labute approximate surface area is 167 Å². The van der Waals surface area contributed by atoms with Crippen molar-refractivity contribution in [2.75, 3.05) is 0 Å². The molecule has 1 aliphatic rings. The van der Waals surface area contributed by atoms with E-state index in [1.54, 1.807) is 12.1 Å². The average Bonchev–Trinajstić information content (AvgIpc) is 2.53. The van der Waals surface area contributed by atoms with Gasteiger partial charge in [0.25, 0.3) is 0 Å². The van der Waals surface area contributed by atoms with E-state index in [1.165, 1.54) is 12.0 Å². The van der Waals surface area contributed by atoms with Crippen molar-refractivity contribution in [1.29, 1.82) is 0 Å². The van der Waals surface area contributed by atoms with Gasteiger partial charge in [-0.1, -0.05) is 0 Å². The molecule has 7 heteroatoms. The van der Waals surface area contributed by atoms with E-state index >= 15 is 0 Å². The van der Waals surface area contributed by atoms with Gasteiger partial charge >= 0.3 is 11.9 Å². The van der Waals surface area contributed by atoms with Crippen LogP contribution in [0.4, 0.5) is 0 Å². The molecule has 2 rings (SSSR count). The predicted molar refractivity (Wildman–Crippen MR) is 105 cm³/mol. The third-order valence-corrected chi connectivity index (χ3v) is 5.34. The lowest BCUT2D eigenvalue weighted by Gasteiger charge is -2.50. The molecule has 0 aliphatic carbocycles. The Morgan fingerprint density at radius 2 is 1.62 bits per heavy atom. The van der Waals surface area contributed by atoms with Crippen molar-refractivity contribution in [2.24, 2.45) is 5.92 Å². The van der Waals surface area contributed by atoms with Gasteiger partial charge in [-0.25, -0.2) is 0 Å². The normalized spacial score (nSPS) is 21.0. The maximum absolute atomic E-state index is 12.4. The van der Waals surface area contributed by atoms with Crippen molar-refractivity contribution in [2.45, 2.75) is 64.6 Å². The summed E-state index contributed by atoms with van der Waals surface area (Å²) in [4.78, 5) is 24.6. The number of benzene rings is 1. The third kappa shape index (κ3) is 4.95. The van der Waals surface area contributed by atoms with Crippen LogP contribution in [0.3, 0.4) is 0 Å². The Balaban J connectivity index is 1.98. The second-order valence-corrected chi connectivity index (χ2v) is 9.25. The van der Waals surface area contributed by atoms with Gasteiger partial charge < -0.3 is 14.7 Å². The summed E-state index contributed by atoms with van der Waals surface area (Å²) in [6.45, 7) is 9.05. The van der Waals surface area contributed by atoms with Gasteiger partial charge in [0.1, 0.15) is 11.9 Å². The van der Waals surface area contributed by atoms with Crippen molar-refractivity contribution in [3.05, 3.63) is 27.8 Å². The van der Waals surface area contributed by atoms with Crippen molar-refractivity contribution >= 4 is 34.5 Å². The zero-order chi connectivity index (χ0) is 19.7. The first-order valence-corrected chi connectivity index (χ1v) is 9.67. The van der Waals surface area contributed by atoms with Crippen LogP contribution >= 0.6 is 22.6 Å². The number of carbonyl (C=O) groups is 2. The fourth-order valence-corrected chi connectivity index (χ4v) is 3.69. The van der Waals surface area contributed by atoms with Gasteiger partial charge in [-0.3, -0.25) is 9.59 Å². The van der Waals surface area contributed by atoms with Gasteiger partial charge in [-0.2, -0.15) is 5.06 Å². The summed E-state index contributed by atoms with van der Waals surface area (Å²) < 4.78 is 11.8. The number of rotatable bonds is 4. The van der Waals surface area contributed by atoms with Crippen molar-refractivity contribution in [3.8, 4) is 5.75 Å². The summed E-state index contributed by atoms with van der Waals surface area (Å²) in [5, 5.41) is 11.6. The fraction of sp³-hybridized carbons (Fsp3) is 0.579. The molecule has 1 unspecified atom stereocenters. The van der Waals surface area contributed by atoms with Gasteiger partial charge in [0.15, 0.2) is 5.92 Å². The van der Waals surface area contributed by atoms with Crippen LogP contribution in [-0.2, 0) is 14.3 Å². The maximum Gasteiger partial charge on any atom is 0.325 e. The average molecular weight is 475 g/mol. The number of piperidine rings is 1. The predicted octanol–water partition coefficient (Wildman–Crippen LogP) is 3.79. The Kier molecular flexibility index (Phi) is 6.35. The van der Waals surface area contributed by atoms with E-state index in [2.05, 4.69) is 22.6 Å².